The summed E-state index contributed by atoms with van der Waals surface area (Å²) in [6, 6.07) is 6.72. The van der Waals surface area contributed by atoms with E-state index in [-0.39, 0.29) is 0 Å². The normalized spacial score (nSPS) is 13.8. The first kappa shape index (κ1) is 23.9. The Kier molecular flexibility index (Phi) is 8.46. The van der Waals surface area contributed by atoms with Gasteiger partial charge in [0, 0.05) is 11.1 Å². The summed E-state index contributed by atoms with van der Waals surface area (Å²) < 4.78 is 4.47. The van der Waals surface area contributed by atoms with Crippen LogP contribution in [0.15, 0.2) is 65.8 Å². The Hall–Kier alpha value is -2.35. The fraction of sp³-hybridized carbons (Fsp3) is 0.464. The molecule has 162 valence electrons. The van der Waals surface area contributed by atoms with E-state index in [2.05, 4.69) is 127 Å². The number of aromatic nitrogens is 2. The summed E-state index contributed by atoms with van der Waals surface area (Å²) >= 11 is 0. The largest absolute Gasteiger partial charge is 0.253 e. The maximum Gasteiger partial charge on any atom is 0.253 e. The van der Waals surface area contributed by atoms with Crippen molar-refractivity contribution in [1.29, 1.82) is 0 Å². The Labute approximate surface area is 184 Å². The van der Waals surface area contributed by atoms with Crippen LogP contribution in [-0.2, 0) is 0 Å². The number of imidazole rings is 1. The van der Waals surface area contributed by atoms with E-state index in [1.807, 2.05) is 0 Å². The molecule has 1 heterocycles. The van der Waals surface area contributed by atoms with Gasteiger partial charge in [0.05, 0.1) is 6.20 Å². The maximum absolute atomic E-state index is 2.30. The summed E-state index contributed by atoms with van der Waals surface area (Å²) in [5.74, 6) is 1.55. The van der Waals surface area contributed by atoms with Gasteiger partial charge in [0.2, 0.25) is 0 Å². The van der Waals surface area contributed by atoms with Crippen molar-refractivity contribution < 1.29 is 4.57 Å². The smallest absolute Gasteiger partial charge is 0.209 e. The lowest BCUT2D eigenvalue weighted by Gasteiger charge is -2.16. The van der Waals surface area contributed by atoms with Crippen LogP contribution in [0.4, 0.5) is 0 Å². The van der Waals surface area contributed by atoms with Crippen molar-refractivity contribution in [3.63, 3.8) is 0 Å². The molecular weight excluding hydrogens is 364 g/mol. The van der Waals surface area contributed by atoms with E-state index in [9.17, 15) is 0 Å². The Bertz CT molecular complexity index is 907. The van der Waals surface area contributed by atoms with Gasteiger partial charge < -0.3 is 0 Å². The van der Waals surface area contributed by atoms with Crippen LogP contribution in [0.5, 0.6) is 0 Å². The van der Waals surface area contributed by atoms with E-state index in [0.29, 0.717) is 17.8 Å². The minimum absolute atomic E-state index is 0.484. The number of benzene rings is 1. The highest BCUT2D eigenvalue weighted by Crippen LogP contribution is 2.30. The van der Waals surface area contributed by atoms with Crippen molar-refractivity contribution in [3.8, 4) is 5.69 Å². The van der Waals surface area contributed by atoms with Crippen LogP contribution in [0.3, 0.4) is 0 Å². The summed E-state index contributed by atoms with van der Waals surface area (Å²) in [6.07, 6.45) is 14.4. The summed E-state index contributed by atoms with van der Waals surface area (Å²) in [7, 11) is 0. The first-order chi connectivity index (χ1) is 14.1. The molecular formula is C28H41N2+. The number of hydrogen-bond donors (Lipinski definition) is 0. The Morgan fingerprint density at radius 1 is 0.967 bits per heavy atom. The van der Waals surface area contributed by atoms with Gasteiger partial charge in [0.15, 0.2) is 0 Å². The molecule has 1 aromatic heterocycles. The molecule has 0 fully saturated rings. The zero-order valence-corrected chi connectivity index (χ0v) is 20.5. The molecule has 0 bridgehead atoms. The minimum Gasteiger partial charge on any atom is -0.209 e. The number of nitrogens with zero attached hydrogens (tertiary/aromatic N) is 2. The molecule has 0 aliphatic heterocycles. The third kappa shape index (κ3) is 6.08. The van der Waals surface area contributed by atoms with E-state index in [4.69, 9.17) is 0 Å². The predicted molar refractivity (Wildman–Crippen MR) is 131 cm³/mol. The molecule has 0 saturated heterocycles. The van der Waals surface area contributed by atoms with Crippen LogP contribution in [0.2, 0.25) is 0 Å². The summed E-state index contributed by atoms with van der Waals surface area (Å²) in [6.45, 7) is 20.2. The van der Waals surface area contributed by atoms with E-state index < -0.39 is 0 Å². The molecule has 0 radical (unpaired) electrons. The van der Waals surface area contributed by atoms with Crippen molar-refractivity contribution in [3.05, 3.63) is 76.9 Å². The predicted octanol–water partition coefficient (Wildman–Crippen LogP) is 7.81. The van der Waals surface area contributed by atoms with Gasteiger partial charge >= 0.3 is 0 Å². The molecule has 0 aliphatic carbocycles. The quantitative estimate of drug-likeness (QED) is 0.313. The van der Waals surface area contributed by atoms with Gasteiger partial charge in [-0.2, -0.15) is 0 Å². The van der Waals surface area contributed by atoms with Gasteiger partial charge in [-0.3, -0.25) is 0 Å². The molecule has 0 saturated carbocycles. The van der Waals surface area contributed by atoms with Crippen molar-refractivity contribution >= 4 is 6.20 Å². The second kappa shape index (κ2) is 10.6. The monoisotopic (exact) mass is 405 g/mol. The zero-order chi connectivity index (χ0) is 22.4. The molecule has 0 spiro atoms. The summed E-state index contributed by atoms with van der Waals surface area (Å²) in [5, 5.41) is 0. The molecule has 2 heteroatoms. The molecule has 0 atom stereocenters. The molecule has 2 nitrogen and oxygen atoms in total. The molecule has 0 unspecified atom stereocenters. The maximum atomic E-state index is 2.30. The van der Waals surface area contributed by atoms with Crippen LogP contribution in [-0.4, -0.2) is 4.57 Å². The van der Waals surface area contributed by atoms with Gasteiger partial charge in [0.25, 0.3) is 6.33 Å². The van der Waals surface area contributed by atoms with Gasteiger partial charge in [-0.1, -0.05) is 90.0 Å². The number of hydrogen-bond acceptors (Lipinski definition) is 0. The van der Waals surface area contributed by atoms with Crippen LogP contribution in [0.1, 0.15) is 91.7 Å². The average Bonchev–Trinajstić information content (AvgIpc) is 3.14. The standard InChI is InChI=1S/C28H41N2/c1-10-25(17-23(8)16-24(9)20(2)3)18-29-14-15-30(19-29)28-26(21(4)5)12-11-13-27(28)22(6)7/h11-22H,10H2,1-9H3/q+1/b23-17-,24-16+,25-18+. The molecule has 0 amide bonds. The lowest BCUT2D eigenvalue weighted by atomic mass is 9.92. The number of rotatable bonds is 8. The van der Waals surface area contributed by atoms with E-state index in [1.54, 1.807) is 0 Å². The number of allylic oxidation sites excluding steroid dienone is 5. The Morgan fingerprint density at radius 3 is 2.07 bits per heavy atom. The Balaban J connectivity index is 2.45. The lowest BCUT2D eigenvalue weighted by Crippen LogP contribution is -2.23. The SMILES string of the molecule is CCC(/C=C(C)\C=C(/C)C(C)C)=C\[n+]1ccn(-c2c(C(C)C)cccc2C(C)C)c1. The molecule has 30 heavy (non-hydrogen) atoms. The highest BCUT2D eigenvalue weighted by atomic mass is 15.1. The van der Waals surface area contributed by atoms with E-state index >= 15 is 0 Å². The van der Waals surface area contributed by atoms with Crippen molar-refractivity contribution in [1.82, 2.24) is 4.57 Å². The first-order valence-electron chi connectivity index (χ1n) is 11.4. The fourth-order valence-electron chi connectivity index (χ4n) is 3.67. The lowest BCUT2D eigenvalue weighted by molar-refractivity contribution is -0.567. The highest BCUT2D eigenvalue weighted by Gasteiger charge is 2.19. The second-order valence-electron chi connectivity index (χ2n) is 9.35. The molecule has 0 N–H and O–H groups in total. The van der Waals surface area contributed by atoms with Crippen LogP contribution < -0.4 is 4.57 Å². The minimum atomic E-state index is 0.484. The third-order valence-electron chi connectivity index (χ3n) is 5.76. The first-order valence-corrected chi connectivity index (χ1v) is 11.4. The highest BCUT2D eigenvalue weighted by molar-refractivity contribution is 5.51. The topological polar surface area (TPSA) is 8.81 Å². The molecule has 2 aromatic rings. The zero-order valence-electron chi connectivity index (χ0n) is 20.5. The third-order valence-corrected chi connectivity index (χ3v) is 5.76. The van der Waals surface area contributed by atoms with Crippen LogP contribution in [0.25, 0.3) is 11.9 Å². The van der Waals surface area contributed by atoms with Gasteiger partial charge in [-0.15, -0.1) is 0 Å². The molecule has 0 aliphatic rings. The number of para-hydroxylation sites is 1. The van der Waals surface area contributed by atoms with E-state index in [0.717, 1.165) is 6.42 Å². The molecule has 2 rings (SSSR count). The second-order valence-corrected chi connectivity index (χ2v) is 9.35. The van der Waals surface area contributed by atoms with Gasteiger partial charge in [0.1, 0.15) is 18.1 Å². The van der Waals surface area contributed by atoms with Crippen LogP contribution >= 0.6 is 0 Å². The van der Waals surface area contributed by atoms with Gasteiger partial charge in [-0.25, -0.2) is 9.13 Å². The fourth-order valence-corrected chi connectivity index (χ4v) is 3.67. The van der Waals surface area contributed by atoms with Crippen molar-refractivity contribution in [2.45, 2.75) is 80.6 Å². The van der Waals surface area contributed by atoms with Crippen molar-refractivity contribution in [2.75, 3.05) is 0 Å². The molecule has 1 aromatic carbocycles. The van der Waals surface area contributed by atoms with Crippen LogP contribution in [0, 0.1) is 5.92 Å². The summed E-state index contributed by atoms with van der Waals surface area (Å²) in [4.78, 5) is 0. The average molecular weight is 406 g/mol. The Morgan fingerprint density at radius 2 is 1.57 bits per heavy atom. The summed E-state index contributed by atoms with van der Waals surface area (Å²) in [5.41, 5.74) is 8.17. The van der Waals surface area contributed by atoms with Crippen molar-refractivity contribution in [2.24, 2.45) is 5.92 Å². The van der Waals surface area contributed by atoms with E-state index in [1.165, 1.54) is 33.5 Å². The van der Waals surface area contributed by atoms with Gasteiger partial charge in [-0.05, 0) is 43.6 Å².